The molecule has 0 saturated heterocycles. The summed E-state index contributed by atoms with van der Waals surface area (Å²) >= 11 is 0. The van der Waals surface area contributed by atoms with E-state index in [4.69, 9.17) is 13.8 Å². The number of carbonyl (C=O) groups is 2. The van der Waals surface area contributed by atoms with Gasteiger partial charge in [0.1, 0.15) is 19.3 Å². The molecule has 0 aliphatic rings. The van der Waals surface area contributed by atoms with Gasteiger partial charge >= 0.3 is 13.8 Å². The fourth-order valence-electron chi connectivity index (χ4n) is 9.19. The van der Waals surface area contributed by atoms with E-state index in [1.54, 1.807) is 0 Å². The molecule has 10 heteroatoms. The molecule has 0 saturated carbocycles. The van der Waals surface area contributed by atoms with Gasteiger partial charge in [-0.05, 0) is 109 Å². The minimum atomic E-state index is -4.46. The van der Waals surface area contributed by atoms with E-state index in [9.17, 15) is 19.0 Å². The highest BCUT2D eigenvalue weighted by molar-refractivity contribution is 7.47. The molecule has 1 amide bonds. The van der Waals surface area contributed by atoms with E-state index in [-0.39, 0.29) is 31.5 Å². The van der Waals surface area contributed by atoms with Gasteiger partial charge in [-0.2, -0.15) is 0 Å². The summed E-state index contributed by atoms with van der Waals surface area (Å²) in [5.41, 5.74) is 0. The van der Waals surface area contributed by atoms with Crippen molar-refractivity contribution in [3.63, 3.8) is 0 Å². The molecule has 458 valence electrons. The standard InChI is InChI=1S/C69H125N2O7P/c1-7-10-13-16-19-22-25-28-30-32-34-35-37-39-41-44-47-50-53-56-59-62-69(73)78-67(60-57-54-51-48-45-42-27-24-21-18-15-12-9-3)66(65-77-79(74,75)76-64-63-71(4,5)6)70-68(72)61-58-55-52-49-46-43-40-38-36-33-31-29-26-23-20-17-14-11-8-2/h19-20,22-23,28-31,36,38,43,46,57,60,66-67H,7-18,21,24-27,32-35,37,39-42,44-45,47-56,58-59,61-65H2,1-6H3,(H-,70,72,74,75)/p+1/b22-19-,23-20-,30-28-,31-29-,38-36-,46-43-,60-57+. The summed E-state index contributed by atoms with van der Waals surface area (Å²) in [6.45, 7) is 6.95. The van der Waals surface area contributed by atoms with Crippen LogP contribution in [0, 0.1) is 0 Å². The van der Waals surface area contributed by atoms with Gasteiger partial charge in [0.2, 0.25) is 5.91 Å². The number of nitrogens with one attached hydrogen (secondary N) is 1. The summed E-state index contributed by atoms with van der Waals surface area (Å²) in [6, 6.07) is -0.870. The van der Waals surface area contributed by atoms with E-state index >= 15 is 0 Å². The third-order valence-electron chi connectivity index (χ3n) is 14.3. The smallest absolute Gasteiger partial charge is 0.456 e. The highest BCUT2D eigenvalue weighted by atomic mass is 31.2. The number of unbranched alkanes of at least 4 members (excludes halogenated alkanes) is 31. The average Bonchev–Trinajstić information content (AvgIpc) is 3.41. The van der Waals surface area contributed by atoms with Crippen molar-refractivity contribution in [1.82, 2.24) is 5.32 Å². The number of quaternary nitrogens is 1. The third-order valence-corrected chi connectivity index (χ3v) is 15.3. The maximum atomic E-state index is 13.6. The lowest BCUT2D eigenvalue weighted by atomic mass is 10.0. The summed E-state index contributed by atoms with van der Waals surface area (Å²) < 4.78 is 30.7. The van der Waals surface area contributed by atoms with Gasteiger partial charge in [0, 0.05) is 12.8 Å². The fraction of sp³-hybridized carbons (Fsp3) is 0.768. The molecule has 0 radical (unpaired) electrons. The quantitative estimate of drug-likeness (QED) is 0.0205. The summed E-state index contributed by atoms with van der Waals surface area (Å²) in [4.78, 5) is 37.8. The Hall–Kier alpha value is -2.81. The first-order valence-electron chi connectivity index (χ1n) is 32.9. The number of rotatable bonds is 59. The number of ether oxygens (including phenoxy) is 1. The number of phosphoric ester groups is 1. The second kappa shape index (κ2) is 58.4. The average molecular weight is 1130 g/mol. The second-order valence-corrected chi connectivity index (χ2v) is 24.7. The Morgan fingerprint density at radius 3 is 1.19 bits per heavy atom. The Kier molecular flexibility index (Phi) is 56.3. The van der Waals surface area contributed by atoms with Crippen LogP contribution in [0.5, 0.6) is 0 Å². The van der Waals surface area contributed by atoms with E-state index in [1.807, 2.05) is 33.3 Å². The van der Waals surface area contributed by atoms with Crippen LogP contribution in [-0.2, 0) is 27.9 Å². The minimum Gasteiger partial charge on any atom is -0.456 e. The first kappa shape index (κ1) is 76.2. The summed E-state index contributed by atoms with van der Waals surface area (Å²) in [5.74, 6) is -0.540. The van der Waals surface area contributed by atoms with Gasteiger partial charge in [0.25, 0.3) is 0 Å². The van der Waals surface area contributed by atoms with Crippen molar-refractivity contribution >= 4 is 19.7 Å². The van der Waals surface area contributed by atoms with Gasteiger partial charge in [-0.15, -0.1) is 0 Å². The van der Waals surface area contributed by atoms with Crippen LogP contribution in [0.15, 0.2) is 85.1 Å². The number of amides is 1. The second-order valence-electron chi connectivity index (χ2n) is 23.3. The molecular formula is C69H126N2O7P+. The van der Waals surface area contributed by atoms with Gasteiger partial charge in [-0.1, -0.05) is 254 Å². The summed E-state index contributed by atoms with van der Waals surface area (Å²) in [7, 11) is 1.47. The number of carbonyl (C=O) groups excluding carboxylic acids is 2. The number of hydrogen-bond acceptors (Lipinski definition) is 6. The van der Waals surface area contributed by atoms with Gasteiger partial charge in [-0.3, -0.25) is 18.6 Å². The first-order valence-corrected chi connectivity index (χ1v) is 34.4. The van der Waals surface area contributed by atoms with Crippen molar-refractivity contribution in [2.75, 3.05) is 40.9 Å². The number of phosphoric acid groups is 1. The van der Waals surface area contributed by atoms with Crippen LogP contribution in [0.25, 0.3) is 0 Å². The normalized spacial score (nSPS) is 14.2. The van der Waals surface area contributed by atoms with Crippen molar-refractivity contribution in [3.8, 4) is 0 Å². The third kappa shape index (κ3) is 59.6. The molecule has 0 aromatic rings. The zero-order valence-electron chi connectivity index (χ0n) is 52.3. The van der Waals surface area contributed by atoms with E-state index in [2.05, 4.69) is 99.0 Å². The van der Waals surface area contributed by atoms with Gasteiger partial charge in [0.05, 0.1) is 33.8 Å². The van der Waals surface area contributed by atoms with Crippen molar-refractivity contribution < 1.29 is 37.3 Å². The van der Waals surface area contributed by atoms with Gasteiger partial charge in [-0.25, -0.2) is 4.57 Å². The van der Waals surface area contributed by atoms with Crippen LogP contribution < -0.4 is 5.32 Å². The lowest BCUT2D eigenvalue weighted by Crippen LogP contribution is -2.47. The summed E-state index contributed by atoms with van der Waals surface area (Å²) in [5, 5.41) is 3.05. The van der Waals surface area contributed by atoms with E-state index in [0.29, 0.717) is 23.9 Å². The van der Waals surface area contributed by atoms with Crippen molar-refractivity contribution in [1.29, 1.82) is 0 Å². The molecule has 0 aromatic carbocycles. The Morgan fingerprint density at radius 1 is 0.443 bits per heavy atom. The molecule has 3 atom stereocenters. The Balaban J connectivity index is 5.28. The van der Waals surface area contributed by atoms with Gasteiger partial charge in [0.15, 0.2) is 0 Å². The molecule has 9 nitrogen and oxygen atoms in total. The zero-order chi connectivity index (χ0) is 57.9. The van der Waals surface area contributed by atoms with Crippen molar-refractivity contribution in [2.24, 2.45) is 0 Å². The van der Waals surface area contributed by atoms with Crippen molar-refractivity contribution in [2.45, 2.75) is 303 Å². The molecular weight excluding hydrogens is 1000 g/mol. The number of hydrogen-bond donors (Lipinski definition) is 2. The molecule has 0 heterocycles. The number of allylic oxidation sites excluding steroid dienone is 13. The Labute approximate surface area is 488 Å². The van der Waals surface area contributed by atoms with Crippen LogP contribution in [0.3, 0.4) is 0 Å². The van der Waals surface area contributed by atoms with Crippen LogP contribution >= 0.6 is 7.82 Å². The minimum absolute atomic E-state index is 0.0306. The molecule has 0 spiro atoms. The first-order chi connectivity index (χ1) is 38.4. The Bertz CT molecular complexity index is 1630. The zero-order valence-corrected chi connectivity index (χ0v) is 53.2. The highest BCUT2D eigenvalue weighted by Crippen LogP contribution is 2.43. The molecule has 0 fully saturated rings. The summed E-state index contributed by atoms with van der Waals surface area (Å²) in [6.07, 6.45) is 77.2. The predicted octanol–water partition coefficient (Wildman–Crippen LogP) is 20.6. The van der Waals surface area contributed by atoms with E-state index in [1.165, 1.54) is 167 Å². The number of esters is 1. The SMILES string of the molecule is CCCCC/C=C\C/C=C\C/C=C\C/C=C\CCCCCC(=O)NC(COP(=O)(O)OCC[N+](C)(C)C)C(/C=C/CCCCCCCCCCCCC)OC(=O)CCCCCCCCCCCCC/C=C\C/C=C\CCCCC. The van der Waals surface area contributed by atoms with Crippen LogP contribution in [0.1, 0.15) is 290 Å². The monoisotopic (exact) mass is 1130 g/mol. The maximum Gasteiger partial charge on any atom is 0.472 e. The largest absolute Gasteiger partial charge is 0.472 e. The van der Waals surface area contributed by atoms with E-state index in [0.717, 1.165) is 83.5 Å². The molecule has 0 rings (SSSR count). The Morgan fingerprint density at radius 2 is 0.772 bits per heavy atom. The maximum absolute atomic E-state index is 13.6. The molecule has 0 aromatic heterocycles. The van der Waals surface area contributed by atoms with Crippen LogP contribution in [0.2, 0.25) is 0 Å². The lowest BCUT2D eigenvalue weighted by Gasteiger charge is -2.27. The van der Waals surface area contributed by atoms with Crippen molar-refractivity contribution in [3.05, 3.63) is 85.1 Å². The molecule has 0 aliphatic carbocycles. The molecule has 0 bridgehead atoms. The van der Waals surface area contributed by atoms with E-state index < -0.39 is 20.0 Å². The van der Waals surface area contributed by atoms with Crippen LogP contribution in [0.4, 0.5) is 0 Å². The number of nitrogens with zero attached hydrogens (tertiary/aromatic N) is 1. The topological polar surface area (TPSA) is 111 Å². The lowest BCUT2D eigenvalue weighted by molar-refractivity contribution is -0.870. The molecule has 0 aliphatic heterocycles. The van der Waals surface area contributed by atoms with Gasteiger partial charge < -0.3 is 19.4 Å². The fourth-order valence-corrected chi connectivity index (χ4v) is 9.93. The molecule has 2 N–H and O–H groups in total. The highest BCUT2D eigenvalue weighted by Gasteiger charge is 2.30. The van der Waals surface area contributed by atoms with Crippen LogP contribution in [-0.4, -0.2) is 74.3 Å². The number of likely N-dealkylation sites (N-methyl/N-ethyl adjacent to an activating group) is 1. The predicted molar refractivity (Wildman–Crippen MR) is 341 cm³/mol. The molecule has 3 unspecified atom stereocenters. The molecule has 79 heavy (non-hydrogen) atoms.